The van der Waals surface area contributed by atoms with Gasteiger partial charge in [0.1, 0.15) is 67.1 Å². The second-order valence-electron chi connectivity index (χ2n) is 11.0. The van der Waals surface area contributed by atoms with Gasteiger partial charge in [0.15, 0.2) is 18.9 Å². The van der Waals surface area contributed by atoms with E-state index in [-0.39, 0.29) is 6.61 Å². The molecule has 3 aliphatic heterocycles. The summed E-state index contributed by atoms with van der Waals surface area (Å²) in [4.78, 5) is 11.9. The lowest BCUT2D eigenvalue weighted by Crippen LogP contribution is -2.68. The quantitative estimate of drug-likeness (QED) is 0.0904. The molecule has 15 atom stereocenters. The molecule has 3 rings (SSSR count). The molecule has 3 fully saturated rings. The molecule has 246 valence electrons. The van der Waals surface area contributed by atoms with Crippen molar-refractivity contribution in [1.29, 1.82) is 0 Å². The highest BCUT2D eigenvalue weighted by molar-refractivity contribution is 5.73. The van der Waals surface area contributed by atoms with Crippen molar-refractivity contribution in [1.82, 2.24) is 5.32 Å². The first kappa shape index (κ1) is 35.4. The fourth-order valence-electron chi connectivity index (χ4n) is 5.23. The minimum Gasteiger partial charge on any atom is -0.394 e. The monoisotopic (exact) mass is 613 g/mol. The number of amides is 1. The molecule has 0 radical (unpaired) electrons. The minimum absolute atomic E-state index is 0.184. The van der Waals surface area contributed by atoms with Gasteiger partial charge in [0.05, 0.1) is 19.3 Å². The predicted octanol–water partition coefficient (Wildman–Crippen LogP) is -3.80. The molecule has 0 saturated carbocycles. The molecule has 42 heavy (non-hydrogen) atoms. The lowest BCUT2D eigenvalue weighted by Gasteiger charge is -2.49. The van der Waals surface area contributed by atoms with E-state index in [1.54, 1.807) is 0 Å². The van der Waals surface area contributed by atoms with Gasteiger partial charge in [-0.3, -0.25) is 4.79 Å². The summed E-state index contributed by atoms with van der Waals surface area (Å²) in [6, 6.07) is -1.37. The predicted molar refractivity (Wildman–Crippen MR) is 139 cm³/mol. The summed E-state index contributed by atoms with van der Waals surface area (Å²) in [6.07, 6.45) is -17.2. The zero-order valence-corrected chi connectivity index (χ0v) is 24.0. The molecule has 0 spiro atoms. The van der Waals surface area contributed by atoms with Gasteiger partial charge in [-0.1, -0.05) is 26.2 Å². The number of aliphatic hydroxyl groups is 8. The van der Waals surface area contributed by atoms with Crippen molar-refractivity contribution in [3.8, 4) is 0 Å². The van der Waals surface area contributed by atoms with Crippen LogP contribution >= 0.6 is 0 Å². The van der Waals surface area contributed by atoms with Crippen LogP contribution in [0.2, 0.25) is 0 Å². The Morgan fingerprint density at radius 3 is 1.95 bits per heavy atom. The zero-order valence-electron chi connectivity index (χ0n) is 24.0. The fraction of sp³-hybridized carbons (Fsp3) is 0.962. The Labute approximate surface area is 244 Å². The van der Waals surface area contributed by atoms with Gasteiger partial charge >= 0.3 is 0 Å². The zero-order chi connectivity index (χ0) is 31.1. The minimum atomic E-state index is -1.73. The number of carbonyl (C=O) groups is 1. The van der Waals surface area contributed by atoms with Gasteiger partial charge in [0, 0.05) is 13.5 Å². The van der Waals surface area contributed by atoms with Crippen molar-refractivity contribution in [2.24, 2.45) is 0 Å². The summed E-state index contributed by atoms with van der Waals surface area (Å²) >= 11 is 0. The number of hydrogen-bond acceptors (Lipinski definition) is 15. The van der Waals surface area contributed by atoms with Crippen LogP contribution in [0.4, 0.5) is 0 Å². The van der Waals surface area contributed by atoms with Crippen LogP contribution in [0.15, 0.2) is 0 Å². The number of aliphatic hydroxyl groups excluding tert-OH is 8. The molecular weight excluding hydrogens is 566 g/mol. The van der Waals surface area contributed by atoms with Crippen LogP contribution in [0.25, 0.3) is 0 Å². The van der Waals surface area contributed by atoms with Crippen molar-refractivity contribution in [3.05, 3.63) is 0 Å². The molecule has 0 unspecified atom stereocenters. The summed E-state index contributed by atoms with van der Waals surface area (Å²) < 4.78 is 35.0. The highest BCUT2D eigenvalue weighted by atomic mass is 16.8. The van der Waals surface area contributed by atoms with E-state index in [9.17, 15) is 45.6 Å². The topological polar surface area (TPSA) is 246 Å². The van der Waals surface area contributed by atoms with E-state index in [1.165, 1.54) is 6.92 Å². The lowest BCUT2D eigenvalue weighted by atomic mass is 9.95. The number of unbranched alkanes of at least 4 members (excludes halogenated alkanes) is 3. The maximum absolute atomic E-state index is 11.9. The SMILES string of the molecule is CCCCCCO[C@@H]1O[C@H](CO)[C@H](O)[C@H](O[C@H]2O[C@H](CO)[C@H](O)[C@H](O)[C@H]2NC(C)=O)[C@H]1O[C@@H]1O[C@@H](C)[C@@H](O)[C@@H](O)[C@@H]1O. The first-order valence-corrected chi connectivity index (χ1v) is 14.4. The van der Waals surface area contributed by atoms with Crippen LogP contribution in [0.3, 0.4) is 0 Å². The average molecular weight is 614 g/mol. The van der Waals surface area contributed by atoms with Crippen LogP contribution in [0, 0.1) is 0 Å². The van der Waals surface area contributed by atoms with Crippen molar-refractivity contribution in [3.63, 3.8) is 0 Å². The van der Waals surface area contributed by atoms with E-state index < -0.39 is 111 Å². The van der Waals surface area contributed by atoms with Gasteiger partial charge in [0.2, 0.25) is 5.91 Å². The third-order valence-electron chi connectivity index (χ3n) is 7.72. The molecule has 0 aliphatic carbocycles. The van der Waals surface area contributed by atoms with Crippen molar-refractivity contribution in [2.75, 3.05) is 19.8 Å². The first-order valence-electron chi connectivity index (χ1n) is 14.4. The van der Waals surface area contributed by atoms with Crippen LogP contribution in [-0.4, -0.2) is 159 Å². The van der Waals surface area contributed by atoms with E-state index in [0.717, 1.165) is 26.2 Å². The van der Waals surface area contributed by atoms with Crippen molar-refractivity contribution < 1.29 is 74.1 Å². The lowest BCUT2D eigenvalue weighted by molar-refractivity contribution is -0.385. The standard InChI is InChI=1S/C26H47NO15/c1-4-5-6-7-8-37-26-23(42-25-21(36)20(35)16(31)11(2)38-25)22(18(33)14(10-29)40-26)41-24-15(27-12(3)30)19(34)17(32)13(9-28)39-24/h11,13-26,28-29,31-36H,4-10H2,1-3H3,(H,27,30)/t11-,13+,14+,15+,16+,17-,18-,19+,20+,21-,22-,23+,24+,25-,26+/m0/s1. The van der Waals surface area contributed by atoms with Crippen molar-refractivity contribution >= 4 is 5.91 Å². The fourth-order valence-corrected chi connectivity index (χ4v) is 5.23. The van der Waals surface area contributed by atoms with E-state index in [2.05, 4.69) is 5.32 Å². The third-order valence-corrected chi connectivity index (χ3v) is 7.72. The molecule has 3 heterocycles. The van der Waals surface area contributed by atoms with E-state index in [4.69, 9.17) is 28.4 Å². The Hall–Kier alpha value is -1.09. The number of carbonyl (C=O) groups excluding carboxylic acids is 1. The van der Waals surface area contributed by atoms with Gasteiger partial charge in [-0.05, 0) is 13.3 Å². The van der Waals surface area contributed by atoms with Crippen LogP contribution in [0.1, 0.15) is 46.5 Å². The molecule has 16 nitrogen and oxygen atoms in total. The Bertz CT molecular complexity index is 825. The second-order valence-corrected chi connectivity index (χ2v) is 11.0. The first-order chi connectivity index (χ1) is 19.9. The molecular formula is C26H47NO15. The number of ether oxygens (including phenoxy) is 6. The Balaban J connectivity index is 1.93. The average Bonchev–Trinajstić information content (AvgIpc) is 2.96. The van der Waals surface area contributed by atoms with Crippen molar-refractivity contribution in [2.45, 2.75) is 139 Å². The second kappa shape index (κ2) is 16.3. The maximum Gasteiger partial charge on any atom is 0.217 e. The van der Waals surface area contributed by atoms with Gasteiger partial charge < -0.3 is 74.6 Å². The highest BCUT2D eigenvalue weighted by Gasteiger charge is 2.54. The van der Waals surface area contributed by atoms with Crippen LogP contribution in [-0.2, 0) is 33.2 Å². The molecule has 9 N–H and O–H groups in total. The highest BCUT2D eigenvalue weighted by Crippen LogP contribution is 2.34. The molecule has 3 aliphatic rings. The molecule has 16 heteroatoms. The Morgan fingerprint density at radius 2 is 1.33 bits per heavy atom. The van der Waals surface area contributed by atoms with Gasteiger partial charge in [0.25, 0.3) is 0 Å². The Morgan fingerprint density at radius 1 is 0.714 bits per heavy atom. The van der Waals surface area contributed by atoms with Gasteiger partial charge in [-0.15, -0.1) is 0 Å². The summed E-state index contributed by atoms with van der Waals surface area (Å²) in [6.45, 7) is 3.46. The summed E-state index contributed by atoms with van der Waals surface area (Å²) in [5.41, 5.74) is 0. The molecule has 3 saturated heterocycles. The smallest absolute Gasteiger partial charge is 0.217 e. The number of rotatable bonds is 13. The van der Waals surface area contributed by atoms with E-state index >= 15 is 0 Å². The molecule has 0 aromatic carbocycles. The molecule has 0 aromatic rings. The number of hydrogen-bond donors (Lipinski definition) is 9. The third kappa shape index (κ3) is 8.33. The summed E-state index contributed by atoms with van der Waals surface area (Å²) in [7, 11) is 0. The van der Waals surface area contributed by atoms with Gasteiger partial charge in [-0.2, -0.15) is 0 Å². The largest absolute Gasteiger partial charge is 0.394 e. The Kier molecular flexibility index (Phi) is 13.7. The van der Waals surface area contributed by atoms with Crippen LogP contribution in [0.5, 0.6) is 0 Å². The summed E-state index contributed by atoms with van der Waals surface area (Å²) in [5.74, 6) is -0.604. The molecule has 1 amide bonds. The van der Waals surface area contributed by atoms with E-state index in [1.807, 2.05) is 6.92 Å². The van der Waals surface area contributed by atoms with E-state index in [0.29, 0.717) is 6.42 Å². The summed E-state index contributed by atoms with van der Waals surface area (Å²) in [5, 5.41) is 85.4. The maximum atomic E-state index is 11.9. The number of nitrogens with one attached hydrogen (secondary N) is 1. The normalized spacial score (nSPS) is 44.6. The van der Waals surface area contributed by atoms with Gasteiger partial charge in [-0.25, -0.2) is 0 Å². The molecule has 0 bridgehead atoms. The molecule has 0 aromatic heterocycles. The van der Waals surface area contributed by atoms with Crippen LogP contribution < -0.4 is 5.32 Å².